The molecule has 102 valence electrons. The molecule has 0 aromatic carbocycles. The lowest BCUT2D eigenvalue weighted by Gasteiger charge is -2.21. The van der Waals surface area contributed by atoms with Crippen LogP contribution in [0.15, 0.2) is 6.07 Å². The number of thiophene rings is 1. The minimum absolute atomic E-state index is 0.0225. The molecule has 0 radical (unpaired) electrons. The van der Waals surface area contributed by atoms with Crippen molar-refractivity contribution >= 4 is 34.9 Å². The van der Waals surface area contributed by atoms with E-state index >= 15 is 0 Å². The molecule has 1 fully saturated rings. The second kappa shape index (κ2) is 5.17. The van der Waals surface area contributed by atoms with Crippen LogP contribution in [-0.2, 0) is 17.0 Å². The van der Waals surface area contributed by atoms with E-state index in [0.717, 1.165) is 29.2 Å². The Kier molecular flexibility index (Phi) is 3.54. The van der Waals surface area contributed by atoms with Crippen LogP contribution in [0.2, 0.25) is 0 Å². The molecule has 0 bridgehead atoms. The smallest absolute Gasteiger partial charge is 0.264 e. The van der Waals surface area contributed by atoms with Crippen LogP contribution >= 0.6 is 23.1 Å². The number of carbonyl (C=O) groups is 2. The lowest BCUT2D eigenvalue weighted by atomic mass is 10.2. The first-order valence-corrected chi connectivity index (χ1v) is 8.43. The van der Waals surface area contributed by atoms with E-state index in [1.165, 1.54) is 10.4 Å². The van der Waals surface area contributed by atoms with Crippen molar-refractivity contribution in [3.05, 3.63) is 21.4 Å². The van der Waals surface area contributed by atoms with E-state index in [0.29, 0.717) is 13.0 Å². The number of likely N-dealkylation sites (tertiary alicyclic amines) is 1. The molecule has 0 spiro atoms. The second-order valence-corrected chi connectivity index (χ2v) is 7.16. The summed E-state index contributed by atoms with van der Waals surface area (Å²) in [6, 6.07) is 1.59. The number of aryl methyl sites for hydroxylation is 1. The van der Waals surface area contributed by atoms with E-state index in [1.807, 2.05) is 17.8 Å². The molecule has 1 saturated heterocycles. The molecule has 0 aliphatic carbocycles. The van der Waals surface area contributed by atoms with Crippen LogP contribution in [0.4, 0.5) is 0 Å². The zero-order valence-corrected chi connectivity index (χ0v) is 12.2. The van der Waals surface area contributed by atoms with Crippen LogP contribution in [0.1, 0.15) is 33.0 Å². The van der Waals surface area contributed by atoms with E-state index in [9.17, 15) is 9.59 Å². The highest BCUT2D eigenvalue weighted by molar-refractivity contribution is 7.98. The van der Waals surface area contributed by atoms with E-state index in [1.54, 1.807) is 16.2 Å². The number of hydrogen-bond acceptors (Lipinski definition) is 4. The number of carbonyl (C=O) groups excluding carboxylic acids is 2. The molecule has 3 heterocycles. The predicted octanol–water partition coefficient (Wildman–Crippen LogP) is 1.63. The summed E-state index contributed by atoms with van der Waals surface area (Å²) in [5.41, 5.74) is 6.66. The molecule has 2 N–H and O–H groups in total. The van der Waals surface area contributed by atoms with Gasteiger partial charge in [0.1, 0.15) is 6.04 Å². The second-order valence-electron chi connectivity index (χ2n) is 4.92. The van der Waals surface area contributed by atoms with Crippen molar-refractivity contribution in [2.45, 2.75) is 31.1 Å². The molecule has 1 atom stereocenters. The van der Waals surface area contributed by atoms with Crippen LogP contribution < -0.4 is 5.73 Å². The van der Waals surface area contributed by atoms with Crippen LogP contribution in [0.3, 0.4) is 0 Å². The molecule has 0 saturated carbocycles. The van der Waals surface area contributed by atoms with Gasteiger partial charge >= 0.3 is 0 Å². The van der Waals surface area contributed by atoms with Gasteiger partial charge in [0.05, 0.1) is 4.88 Å². The maximum atomic E-state index is 12.5. The third-order valence-corrected chi connectivity index (χ3v) is 5.91. The Morgan fingerprint density at radius 2 is 2.26 bits per heavy atom. The van der Waals surface area contributed by atoms with Gasteiger partial charge < -0.3 is 10.6 Å². The van der Waals surface area contributed by atoms with Gasteiger partial charge in [0, 0.05) is 17.2 Å². The SMILES string of the molecule is NC(=O)[C@H]1CCCN1C(=O)c1cc2c(s1)CCSC2. The molecule has 2 aliphatic heterocycles. The standard InChI is InChI=1S/C13H16N2O2S2/c14-12(16)9-2-1-4-15(9)13(17)11-6-8-7-18-5-3-10(8)19-11/h6,9H,1-5,7H2,(H2,14,16)/t9-/m1/s1. The third-order valence-electron chi connectivity index (χ3n) is 3.68. The zero-order valence-electron chi connectivity index (χ0n) is 10.6. The number of rotatable bonds is 2. The number of primary amides is 1. The van der Waals surface area contributed by atoms with Gasteiger partial charge in [-0.3, -0.25) is 9.59 Å². The minimum atomic E-state index is -0.416. The first-order chi connectivity index (χ1) is 9.16. The number of nitrogens with two attached hydrogens (primary N) is 1. The van der Waals surface area contributed by atoms with Crippen molar-refractivity contribution < 1.29 is 9.59 Å². The summed E-state index contributed by atoms with van der Waals surface area (Å²) in [4.78, 5) is 27.6. The van der Waals surface area contributed by atoms with E-state index in [-0.39, 0.29) is 11.8 Å². The molecular weight excluding hydrogens is 280 g/mol. The fourth-order valence-electron chi connectivity index (χ4n) is 2.70. The number of hydrogen-bond donors (Lipinski definition) is 1. The van der Waals surface area contributed by atoms with Gasteiger partial charge in [-0.15, -0.1) is 11.3 Å². The highest BCUT2D eigenvalue weighted by Crippen LogP contribution is 2.33. The Hall–Kier alpha value is -1.01. The molecule has 1 aromatic rings. The fourth-order valence-corrected chi connectivity index (χ4v) is 5.03. The Labute approximate surface area is 120 Å². The molecule has 2 amide bonds. The van der Waals surface area contributed by atoms with E-state index in [4.69, 9.17) is 5.73 Å². The summed E-state index contributed by atoms with van der Waals surface area (Å²) in [6.45, 7) is 0.643. The summed E-state index contributed by atoms with van der Waals surface area (Å²) in [5.74, 6) is 1.72. The molecule has 6 heteroatoms. The van der Waals surface area contributed by atoms with Crippen molar-refractivity contribution in [1.29, 1.82) is 0 Å². The summed E-state index contributed by atoms with van der Waals surface area (Å²) < 4.78 is 0. The summed E-state index contributed by atoms with van der Waals surface area (Å²) in [6.07, 6.45) is 2.61. The maximum absolute atomic E-state index is 12.5. The summed E-state index contributed by atoms with van der Waals surface area (Å²) in [7, 11) is 0. The monoisotopic (exact) mass is 296 g/mol. The van der Waals surface area contributed by atoms with Gasteiger partial charge in [-0.1, -0.05) is 0 Å². The quantitative estimate of drug-likeness (QED) is 0.902. The zero-order chi connectivity index (χ0) is 13.4. The average Bonchev–Trinajstić information content (AvgIpc) is 3.04. The molecule has 4 nitrogen and oxygen atoms in total. The Morgan fingerprint density at radius 1 is 1.42 bits per heavy atom. The first-order valence-electron chi connectivity index (χ1n) is 6.46. The summed E-state index contributed by atoms with van der Waals surface area (Å²) >= 11 is 3.50. The maximum Gasteiger partial charge on any atom is 0.264 e. The molecular formula is C13H16N2O2S2. The Bertz CT molecular complexity index is 503. The predicted molar refractivity (Wildman–Crippen MR) is 77.4 cm³/mol. The van der Waals surface area contributed by atoms with Gasteiger partial charge in [0.15, 0.2) is 0 Å². The van der Waals surface area contributed by atoms with E-state index < -0.39 is 6.04 Å². The lowest BCUT2D eigenvalue weighted by Crippen LogP contribution is -2.43. The van der Waals surface area contributed by atoms with Crippen molar-refractivity contribution in [1.82, 2.24) is 4.90 Å². The number of amides is 2. The number of thioether (sulfide) groups is 1. The Morgan fingerprint density at radius 3 is 3.00 bits per heavy atom. The van der Waals surface area contributed by atoms with Gasteiger partial charge in [-0.25, -0.2) is 0 Å². The molecule has 1 aromatic heterocycles. The fraction of sp³-hybridized carbons (Fsp3) is 0.538. The van der Waals surface area contributed by atoms with Crippen LogP contribution in [0.25, 0.3) is 0 Å². The van der Waals surface area contributed by atoms with Crippen molar-refractivity contribution in [2.24, 2.45) is 5.73 Å². The third kappa shape index (κ3) is 2.39. The van der Waals surface area contributed by atoms with Gasteiger partial charge in [-0.05, 0) is 36.6 Å². The number of nitrogens with zero attached hydrogens (tertiary/aromatic N) is 1. The van der Waals surface area contributed by atoms with Gasteiger partial charge in [0.25, 0.3) is 5.91 Å². The van der Waals surface area contributed by atoms with E-state index in [2.05, 4.69) is 0 Å². The van der Waals surface area contributed by atoms with Crippen molar-refractivity contribution in [2.75, 3.05) is 12.3 Å². The molecule has 19 heavy (non-hydrogen) atoms. The Balaban J connectivity index is 1.83. The van der Waals surface area contributed by atoms with Gasteiger partial charge in [0.2, 0.25) is 5.91 Å². The minimum Gasteiger partial charge on any atom is -0.368 e. The van der Waals surface area contributed by atoms with Crippen LogP contribution in [0.5, 0.6) is 0 Å². The highest BCUT2D eigenvalue weighted by Gasteiger charge is 2.34. The molecule has 3 rings (SSSR count). The first kappa shape index (κ1) is 13.0. The van der Waals surface area contributed by atoms with Gasteiger partial charge in [-0.2, -0.15) is 11.8 Å². The molecule has 2 aliphatic rings. The average molecular weight is 296 g/mol. The topological polar surface area (TPSA) is 63.4 Å². The molecule has 0 unspecified atom stereocenters. The van der Waals surface area contributed by atoms with Crippen LogP contribution in [-0.4, -0.2) is 35.1 Å². The largest absolute Gasteiger partial charge is 0.368 e. The van der Waals surface area contributed by atoms with Crippen LogP contribution in [0, 0.1) is 0 Å². The van der Waals surface area contributed by atoms with Crippen molar-refractivity contribution in [3.8, 4) is 0 Å². The number of fused-ring (bicyclic) bond motifs is 1. The van der Waals surface area contributed by atoms with Crippen molar-refractivity contribution in [3.63, 3.8) is 0 Å². The highest BCUT2D eigenvalue weighted by atomic mass is 32.2. The normalized spacial score (nSPS) is 22.3. The lowest BCUT2D eigenvalue weighted by molar-refractivity contribution is -0.121. The summed E-state index contributed by atoms with van der Waals surface area (Å²) in [5, 5.41) is 0.